The van der Waals surface area contributed by atoms with E-state index in [0.29, 0.717) is 13.0 Å². The number of carbonyl (C=O) groups excluding carboxylic acids is 1. The van der Waals surface area contributed by atoms with Gasteiger partial charge in [-0.1, -0.05) is 12.1 Å². The molecule has 2 aliphatic rings. The Morgan fingerprint density at radius 3 is 2.64 bits per heavy atom. The minimum atomic E-state index is -0.277. The molecule has 3 heterocycles. The number of nitrogens with zero attached hydrogens (tertiary/aromatic N) is 2. The molecule has 0 radical (unpaired) electrons. The van der Waals surface area contributed by atoms with Crippen LogP contribution < -0.4 is 10.9 Å². The summed E-state index contributed by atoms with van der Waals surface area (Å²) in [5, 5.41) is 0. The van der Waals surface area contributed by atoms with Crippen molar-refractivity contribution in [1.29, 1.82) is 0 Å². The van der Waals surface area contributed by atoms with Gasteiger partial charge in [-0.2, -0.15) is 0 Å². The number of hydrogen-bond acceptors (Lipinski definition) is 5. The summed E-state index contributed by atoms with van der Waals surface area (Å²) < 4.78 is 18.6. The molecule has 2 aliphatic heterocycles. The molecule has 0 saturated carbocycles. The number of nitrogens with one attached hydrogen (secondary N) is 2. The van der Waals surface area contributed by atoms with E-state index in [-0.39, 0.29) is 35.9 Å². The van der Waals surface area contributed by atoms with E-state index in [1.807, 2.05) is 17.0 Å². The van der Waals surface area contributed by atoms with Gasteiger partial charge in [-0.05, 0) is 50.1 Å². The molecule has 1 aromatic carbocycles. The SMILES string of the molecule is C[C@H]1CN(C(=O)C2CC(c3ccc(F)cc3)NN2)[C@@H](C)CN1Cc1ccco1. The molecule has 1 amide bonds. The normalized spacial score (nSPS) is 28.6. The molecule has 2 aromatic rings. The van der Waals surface area contributed by atoms with Crippen LogP contribution in [0.2, 0.25) is 0 Å². The molecule has 0 spiro atoms. The van der Waals surface area contributed by atoms with E-state index in [1.165, 1.54) is 12.1 Å². The highest BCUT2D eigenvalue weighted by molar-refractivity contribution is 5.82. The number of halogens is 1. The van der Waals surface area contributed by atoms with Crippen LogP contribution in [0.15, 0.2) is 47.1 Å². The van der Waals surface area contributed by atoms with Crippen molar-refractivity contribution in [3.8, 4) is 0 Å². The first-order valence-electron chi connectivity index (χ1n) is 9.84. The number of carbonyl (C=O) groups is 1. The maximum atomic E-state index is 13.1. The van der Waals surface area contributed by atoms with Gasteiger partial charge in [-0.15, -0.1) is 0 Å². The van der Waals surface area contributed by atoms with Crippen molar-refractivity contribution in [2.75, 3.05) is 13.1 Å². The maximum Gasteiger partial charge on any atom is 0.241 e. The molecule has 2 unspecified atom stereocenters. The fourth-order valence-electron chi connectivity index (χ4n) is 4.16. The molecule has 28 heavy (non-hydrogen) atoms. The topological polar surface area (TPSA) is 60.8 Å². The van der Waals surface area contributed by atoms with Crippen molar-refractivity contribution in [3.63, 3.8) is 0 Å². The van der Waals surface area contributed by atoms with Crippen molar-refractivity contribution in [3.05, 3.63) is 59.8 Å². The molecule has 2 N–H and O–H groups in total. The molecular formula is C21H27FN4O2. The summed E-state index contributed by atoms with van der Waals surface area (Å²) in [5.41, 5.74) is 7.30. The molecule has 2 fully saturated rings. The Morgan fingerprint density at radius 1 is 1.14 bits per heavy atom. The Hall–Kier alpha value is -2.22. The lowest BCUT2D eigenvalue weighted by Crippen LogP contribution is -2.60. The van der Waals surface area contributed by atoms with E-state index >= 15 is 0 Å². The van der Waals surface area contributed by atoms with E-state index in [1.54, 1.807) is 18.4 Å². The van der Waals surface area contributed by atoms with Crippen LogP contribution in [-0.4, -0.2) is 46.9 Å². The van der Waals surface area contributed by atoms with Gasteiger partial charge in [0.05, 0.1) is 12.8 Å². The predicted octanol–water partition coefficient (Wildman–Crippen LogP) is 2.45. The number of hydrogen-bond donors (Lipinski definition) is 2. The second-order valence-electron chi connectivity index (χ2n) is 7.88. The van der Waals surface area contributed by atoms with Gasteiger partial charge in [0, 0.05) is 31.2 Å². The third-order valence-electron chi connectivity index (χ3n) is 5.81. The average molecular weight is 386 g/mol. The van der Waals surface area contributed by atoms with Gasteiger partial charge < -0.3 is 9.32 Å². The van der Waals surface area contributed by atoms with Gasteiger partial charge in [0.15, 0.2) is 0 Å². The number of furan rings is 1. The number of rotatable bonds is 4. The standard InChI is InChI=1S/C21H27FN4O2/c1-14-12-26(15(2)11-25(14)13-18-4-3-9-28-18)21(27)20-10-19(23-24-20)16-5-7-17(22)8-6-16/h3-9,14-15,19-20,23-24H,10-13H2,1-2H3/t14-,15-,19?,20?/m0/s1. The highest BCUT2D eigenvalue weighted by atomic mass is 19.1. The van der Waals surface area contributed by atoms with Gasteiger partial charge in [0.25, 0.3) is 0 Å². The van der Waals surface area contributed by atoms with E-state index in [2.05, 4.69) is 29.6 Å². The van der Waals surface area contributed by atoms with Gasteiger partial charge in [-0.25, -0.2) is 15.2 Å². The molecule has 4 rings (SSSR count). The van der Waals surface area contributed by atoms with Crippen molar-refractivity contribution in [2.45, 2.75) is 51.0 Å². The lowest BCUT2D eigenvalue weighted by Gasteiger charge is -2.44. The number of benzene rings is 1. The van der Waals surface area contributed by atoms with Gasteiger partial charge in [0.2, 0.25) is 5.91 Å². The molecule has 2 saturated heterocycles. The molecule has 0 aliphatic carbocycles. The fourth-order valence-corrected chi connectivity index (χ4v) is 4.16. The Morgan fingerprint density at radius 2 is 1.93 bits per heavy atom. The van der Waals surface area contributed by atoms with Crippen LogP contribution in [0.4, 0.5) is 4.39 Å². The number of amides is 1. The van der Waals surface area contributed by atoms with Crippen molar-refractivity contribution < 1.29 is 13.6 Å². The largest absolute Gasteiger partial charge is 0.468 e. The molecule has 7 heteroatoms. The zero-order valence-corrected chi connectivity index (χ0v) is 16.3. The Balaban J connectivity index is 1.36. The van der Waals surface area contributed by atoms with Crippen molar-refractivity contribution in [1.82, 2.24) is 20.7 Å². The minimum absolute atomic E-state index is 0.00233. The van der Waals surface area contributed by atoms with Crippen LogP contribution >= 0.6 is 0 Å². The Kier molecular flexibility index (Phi) is 5.48. The molecule has 150 valence electrons. The summed E-state index contributed by atoms with van der Waals surface area (Å²) in [5.74, 6) is 0.814. The second kappa shape index (κ2) is 8.03. The number of piperazine rings is 1. The monoisotopic (exact) mass is 386 g/mol. The van der Waals surface area contributed by atoms with E-state index in [0.717, 1.165) is 24.4 Å². The highest BCUT2D eigenvalue weighted by Gasteiger charge is 2.38. The van der Waals surface area contributed by atoms with Crippen LogP contribution in [-0.2, 0) is 11.3 Å². The lowest BCUT2D eigenvalue weighted by atomic mass is 10.00. The summed E-state index contributed by atoms with van der Waals surface area (Å²) in [6.07, 6.45) is 2.34. The van der Waals surface area contributed by atoms with Crippen LogP contribution in [0.25, 0.3) is 0 Å². The zero-order valence-electron chi connectivity index (χ0n) is 16.3. The first-order valence-corrected chi connectivity index (χ1v) is 9.84. The summed E-state index contributed by atoms with van der Waals surface area (Å²) in [4.78, 5) is 17.5. The van der Waals surface area contributed by atoms with E-state index < -0.39 is 0 Å². The van der Waals surface area contributed by atoms with E-state index in [4.69, 9.17) is 4.42 Å². The van der Waals surface area contributed by atoms with Crippen LogP contribution in [0.5, 0.6) is 0 Å². The van der Waals surface area contributed by atoms with Gasteiger partial charge >= 0.3 is 0 Å². The summed E-state index contributed by atoms with van der Waals surface area (Å²) in [6, 6.07) is 10.4. The summed E-state index contributed by atoms with van der Waals surface area (Å²) in [7, 11) is 0. The maximum absolute atomic E-state index is 13.1. The Bertz CT molecular complexity index is 795. The van der Waals surface area contributed by atoms with Crippen molar-refractivity contribution in [2.24, 2.45) is 0 Å². The molecule has 0 bridgehead atoms. The molecular weight excluding hydrogens is 359 g/mol. The highest BCUT2D eigenvalue weighted by Crippen LogP contribution is 2.25. The quantitative estimate of drug-likeness (QED) is 0.845. The third-order valence-corrected chi connectivity index (χ3v) is 5.81. The minimum Gasteiger partial charge on any atom is -0.468 e. The second-order valence-corrected chi connectivity index (χ2v) is 7.88. The molecule has 6 nitrogen and oxygen atoms in total. The third kappa shape index (κ3) is 3.97. The first-order chi connectivity index (χ1) is 13.5. The summed E-state index contributed by atoms with van der Waals surface area (Å²) >= 11 is 0. The predicted molar refractivity (Wildman–Crippen MR) is 104 cm³/mol. The molecule has 4 atom stereocenters. The number of hydrazine groups is 1. The van der Waals surface area contributed by atoms with Crippen LogP contribution in [0.1, 0.15) is 37.6 Å². The first kappa shape index (κ1) is 19.1. The van der Waals surface area contributed by atoms with Crippen LogP contribution in [0.3, 0.4) is 0 Å². The van der Waals surface area contributed by atoms with Crippen molar-refractivity contribution >= 4 is 5.91 Å². The lowest BCUT2D eigenvalue weighted by molar-refractivity contribution is -0.139. The van der Waals surface area contributed by atoms with Crippen LogP contribution in [0, 0.1) is 5.82 Å². The van der Waals surface area contributed by atoms with Gasteiger partial charge in [0.1, 0.15) is 17.6 Å². The van der Waals surface area contributed by atoms with Gasteiger partial charge in [-0.3, -0.25) is 9.69 Å². The summed E-state index contributed by atoms with van der Waals surface area (Å²) in [6.45, 7) is 6.52. The molecule has 1 aromatic heterocycles. The average Bonchev–Trinajstić information content (AvgIpc) is 3.36. The zero-order chi connectivity index (χ0) is 19.7. The Labute approximate surface area is 164 Å². The van der Waals surface area contributed by atoms with E-state index in [9.17, 15) is 9.18 Å². The smallest absolute Gasteiger partial charge is 0.241 e. The fraction of sp³-hybridized carbons (Fsp3) is 0.476.